The second-order valence-corrected chi connectivity index (χ2v) is 5.44. The van der Waals surface area contributed by atoms with Crippen LogP contribution >= 0.6 is 11.8 Å². The Hall–Kier alpha value is -1.49. The Morgan fingerprint density at radius 2 is 2.00 bits per heavy atom. The number of benzene rings is 1. The van der Waals surface area contributed by atoms with Crippen LogP contribution in [-0.2, 0) is 0 Å². The molecule has 5 heteroatoms. The lowest BCUT2D eigenvalue weighted by Gasteiger charge is -2.12. The van der Waals surface area contributed by atoms with Gasteiger partial charge in [0.15, 0.2) is 5.78 Å². The Bertz CT molecular complexity index is 439. The molecule has 1 atom stereocenters. The minimum atomic E-state index is -0.182. The second-order valence-electron chi connectivity index (χ2n) is 4.29. The molecule has 18 heavy (non-hydrogen) atoms. The molecule has 0 spiro atoms. The van der Waals surface area contributed by atoms with Gasteiger partial charge in [0.05, 0.1) is 0 Å². The number of carbonyl (C=O) groups excluding carboxylic acids is 2. The topological polar surface area (TPSA) is 58.2 Å². The van der Waals surface area contributed by atoms with Crippen molar-refractivity contribution in [2.75, 3.05) is 16.8 Å². The van der Waals surface area contributed by atoms with Gasteiger partial charge in [-0.1, -0.05) is 0 Å². The second kappa shape index (κ2) is 5.91. The van der Waals surface area contributed by atoms with Gasteiger partial charge in [-0.2, -0.15) is 11.8 Å². The van der Waals surface area contributed by atoms with E-state index in [1.807, 2.05) is 11.8 Å². The molecular weight excluding hydrogens is 248 g/mol. The van der Waals surface area contributed by atoms with E-state index in [0.717, 1.165) is 17.9 Å². The molecule has 0 aromatic heterocycles. The zero-order valence-electron chi connectivity index (χ0n) is 10.2. The van der Waals surface area contributed by atoms with Crippen molar-refractivity contribution < 1.29 is 9.59 Å². The van der Waals surface area contributed by atoms with E-state index in [0.29, 0.717) is 11.3 Å². The molecule has 4 nitrogen and oxygen atoms in total. The summed E-state index contributed by atoms with van der Waals surface area (Å²) in [4.78, 5) is 22.8. The van der Waals surface area contributed by atoms with Crippen LogP contribution in [0.2, 0.25) is 0 Å². The summed E-state index contributed by atoms with van der Waals surface area (Å²) in [5.41, 5.74) is 1.34. The highest BCUT2D eigenvalue weighted by molar-refractivity contribution is 7.99. The average molecular weight is 264 g/mol. The van der Waals surface area contributed by atoms with Crippen LogP contribution in [0.3, 0.4) is 0 Å². The summed E-state index contributed by atoms with van der Waals surface area (Å²) >= 11 is 1.86. The molecule has 1 saturated heterocycles. The van der Waals surface area contributed by atoms with Gasteiger partial charge in [-0.3, -0.25) is 4.79 Å². The van der Waals surface area contributed by atoms with Crippen LogP contribution < -0.4 is 10.6 Å². The van der Waals surface area contributed by atoms with Crippen molar-refractivity contribution in [2.24, 2.45) is 0 Å². The number of Topliss-reactive ketones (excluding diaryl/α,β-unsaturated/α-hetero) is 1. The molecule has 0 radical (unpaired) electrons. The van der Waals surface area contributed by atoms with Crippen LogP contribution in [0.5, 0.6) is 0 Å². The van der Waals surface area contributed by atoms with Crippen LogP contribution in [0.1, 0.15) is 23.7 Å². The molecule has 0 unspecified atom stereocenters. The molecule has 96 valence electrons. The van der Waals surface area contributed by atoms with Gasteiger partial charge in [0.25, 0.3) is 0 Å². The number of thioether (sulfide) groups is 1. The minimum Gasteiger partial charge on any atom is -0.334 e. The van der Waals surface area contributed by atoms with E-state index >= 15 is 0 Å². The molecule has 0 bridgehead atoms. The number of hydrogen-bond donors (Lipinski definition) is 2. The summed E-state index contributed by atoms with van der Waals surface area (Å²) in [6.07, 6.45) is 1.03. The Kier molecular flexibility index (Phi) is 4.25. The van der Waals surface area contributed by atoms with Crippen LogP contribution in [-0.4, -0.2) is 29.4 Å². The highest BCUT2D eigenvalue weighted by Crippen LogP contribution is 2.17. The van der Waals surface area contributed by atoms with Gasteiger partial charge >= 0.3 is 6.03 Å². The van der Waals surface area contributed by atoms with Gasteiger partial charge in [-0.15, -0.1) is 0 Å². The number of carbonyl (C=O) groups is 2. The fourth-order valence-corrected chi connectivity index (χ4v) is 2.94. The van der Waals surface area contributed by atoms with Crippen molar-refractivity contribution in [3.05, 3.63) is 29.8 Å². The maximum absolute atomic E-state index is 11.7. The lowest BCUT2D eigenvalue weighted by molar-refractivity contribution is 0.101. The number of rotatable bonds is 3. The first-order chi connectivity index (χ1) is 8.65. The van der Waals surface area contributed by atoms with E-state index in [-0.39, 0.29) is 17.9 Å². The minimum absolute atomic E-state index is 0.0222. The summed E-state index contributed by atoms with van der Waals surface area (Å²) < 4.78 is 0. The summed E-state index contributed by atoms with van der Waals surface area (Å²) in [6.45, 7) is 1.52. The highest BCUT2D eigenvalue weighted by Gasteiger charge is 2.17. The lowest BCUT2D eigenvalue weighted by Crippen LogP contribution is -2.37. The first-order valence-corrected chi connectivity index (χ1v) is 7.07. The van der Waals surface area contributed by atoms with Crippen molar-refractivity contribution in [3.8, 4) is 0 Å². The zero-order valence-corrected chi connectivity index (χ0v) is 11.0. The van der Waals surface area contributed by atoms with Crippen molar-refractivity contribution in [3.63, 3.8) is 0 Å². The number of amides is 2. The van der Waals surface area contributed by atoms with Gasteiger partial charge in [0.1, 0.15) is 0 Å². The molecule has 1 aliphatic heterocycles. The van der Waals surface area contributed by atoms with Gasteiger partial charge in [-0.05, 0) is 43.4 Å². The Labute approximate surface area is 111 Å². The first-order valence-electron chi connectivity index (χ1n) is 5.91. The summed E-state index contributed by atoms with van der Waals surface area (Å²) in [5.74, 6) is 2.11. The molecular formula is C13H16N2O2S. The normalized spacial score (nSPS) is 18.4. The van der Waals surface area contributed by atoms with E-state index < -0.39 is 0 Å². The van der Waals surface area contributed by atoms with E-state index in [1.165, 1.54) is 6.92 Å². The number of hydrogen-bond acceptors (Lipinski definition) is 3. The lowest BCUT2D eigenvalue weighted by atomic mass is 10.1. The standard InChI is InChI=1S/C13H16N2O2S/c1-9(16)10-2-4-11(5-3-10)14-13(17)15-12-6-7-18-8-12/h2-5,12H,6-8H2,1H3,(H2,14,15,17)/t12-/m1/s1. The molecule has 1 heterocycles. The molecule has 0 aliphatic carbocycles. The smallest absolute Gasteiger partial charge is 0.319 e. The first kappa shape index (κ1) is 13.0. The quantitative estimate of drug-likeness (QED) is 0.825. The van der Waals surface area contributed by atoms with Crippen molar-refractivity contribution in [2.45, 2.75) is 19.4 Å². The predicted octanol–water partition coefficient (Wildman–Crippen LogP) is 2.52. The molecule has 0 saturated carbocycles. The van der Waals surface area contributed by atoms with Gasteiger partial charge in [-0.25, -0.2) is 4.79 Å². The molecule has 1 aliphatic rings. The van der Waals surface area contributed by atoms with E-state index in [4.69, 9.17) is 0 Å². The number of ketones is 1. The Morgan fingerprint density at radius 1 is 1.28 bits per heavy atom. The Balaban J connectivity index is 1.88. The van der Waals surface area contributed by atoms with E-state index in [9.17, 15) is 9.59 Å². The van der Waals surface area contributed by atoms with Gasteiger partial charge in [0, 0.05) is 23.0 Å². The maximum Gasteiger partial charge on any atom is 0.319 e. The number of urea groups is 1. The maximum atomic E-state index is 11.7. The predicted molar refractivity (Wildman–Crippen MR) is 74.3 cm³/mol. The molecule has 1 aromatic rings. The summed E-state index contributed by atoms with van der Waals surface area (Å²) in [5, 5.41) is 5.69. The molecule has 1 fully saturated rings. The van der Waals surface area contributed by atoms with E-state index in [1.54, 1.807) is 24.3 Å². The molecule has 2 rings (SSSR count). The third kappa shape index (κ3) is 3.50. The van der Waals surface area contributed by atoms with Crippen molar-refractivity contribution in [1.82, 2.24) is 5.32 Å². The summed E-state index contributed by atoms with van der Waals surface area (Å²) in [6, 6.07) is 6.98. The van der Waals surface area contributed by atoms with Crippen molar-refractivity contribution >= 4 is 29.3 Å². The van der Waals surface area contributed by atoms with Crippen molar-refractivity contribution in [1.29, 1.82) is 0 Å². The van der Waals surface area contributed by atoms with Crippen LogP contribution in [0.4, 0.5) is 10.5 Å². The number of nitrogens with one attached hydrogen (secondary N) is 2. The third-order valence-electron chi connectivity index (χ3n) is 2.81. The SMILES string of the molecule is CC(=O)c1ccc(NC(=O)N[C@@H]2CCSC2)cc1. The monoisotopic (exact) mass is 264 g/mol. The summed E-state index contributed by atoms with van der Waals surface area (Å²) in [7, 11) is 0. The average Bonchev–Trinajstić information content (AvgIpc) is 2.82. The zero-order chi connectivity index (χ0) is 13.0. The van der Waals surface area contributed by atoms with E-state index in [2.05, 4.69) is 10.6 Å². The van der Waals surface area contributed by atoms with Gasteiger partial charge < -0.3 is 10.6 Å². The highest BCUT2D eigenvalue weighted by atomic mass is 32.2. The fourth-order valence-electron chi connectivity index (χ4n) is 1.79. The fraction of sp³-hybridized carbons (Fsp3) is 0.385. The van der Waals surface area contributed by atoms with Crippen LogP contribution in [0, 0.1) is 0 Å². The number of anilines is 1. The largest absolute Gasteiger partial charge is 0.334 e. The van der Waals surface area contributed by atoms with Crippen LogP contribution in [0.25, 0.3) is 0 Å². The Morgan fingerprint density at radius 3 is 2.56 bits per heavy atom. The molecule has 2 N–H and O–H groups in total. The third-order valence-corrected chi connectivity index (χ3v) is 3.98. The van der Waals surface area contributed by atoms with Gasteiger partial charge in [0.2, 0.25) is 0 Å². The molecule has 2 amide bonds. The van der Waals surface area contributed by atoms with Crippen LogP contribution in [0.15, 0.2) is 24.3 Å². The molecule has 1 aromatic carbocycles.